The fraction of sp³-hybridized carbons (Fsp3) is 0.0612. The molecular formula is C49H31F2N5. The van der Waals surface area contributed by atoms with Gasteiger partial charge in [0.25, 0.3) is 5.92 Å². The molecule has 1 unspecified atom stereocenters. The molecule has 0 N–H and O–H groups in total. The smallest absolute Gasteiger partial charge is 0.299 e. The summed E-state index contributed by atoms with van der Waals surface area (Å²) in [7, 11) is 1.90. The molecule has 56 heavy (non-hydrogen) atoms. The average Bonchev–Trinajstić information content (AvgIpc) is 3.48. The molecule has 0 amide bonds. The summed E-state index contributed by atoms with van der Waals surface area (Å²) in [6, 6.07) is 55.0. The topological polar surface area (TPSA) is 75.5 Å². The van der Waals surface area contributed by atoms with Crippen molar-refractivity contribution >= 4 is 11.7 Å². The van der Waals surface area contributed by atoms with E-state index >= 15 is 8.78 Å². The van der Waals surface area contributed by atoms with Crippen molar-refractivity contribution in [2.45, 2.75) is 12.1 Å². The Kier molecular flexibility index (Phi) is 8.41. The molecule has 1 aliphatic carbocycles. The molecule has 0 saturated carbocycles. The van der Waals surface area contributed by atoms with E-state index in [1.807, 2.05) is 127 Å². The predicted octanol–water partition coefficient (Wildman–Crippen LogP) is 11.4. The zero-order valence-corrected chi connectivity index (χ0v) is 30.2. The van der Waals surface area contributed by atoms with Crippen LogP contribution in [0.5, 0.6) is 0 Å². The lowest BCUT2D eigenvalue weighted by atomic mass is 9.91. The summed E-state index contributed by atoms with van der Waals surface area (Å²) in [5.41, 5.74) is 9.25. The van der Waals surface area contributed by atoms with E-state index in [2.05, 4.69) is 12.1 Å². The van der Waals surface area contributed by atoms with Crippen LogP contribution in [-0.2, 0) is 5.92 Å². The maximum absolute atomic E-state index is 16.9. The first-order chi connectivity index (χ1) is 27.3. The van der Waals surface area contributed by atoms with Crippen LogP contribution in [0.4, 0.5) is 8.78 Å². The third kappa shape index (κ3) is 6.02. The van der Waals surface area contributed by atoms with Crippen LogP contribution < -0.4 is 0 Å². The maximum Gasteiger partial charge on any atom is 0.299 e. The van der Waals surface area contributed by atoms with Crippen molar-refractivity contribution in [2.75, 3.05) is 7.05 Å². The minimum absolute atomic E-state index is 0.0570. The number of nitrogens with zero attached hydrogens (tertiary/aromatic N) is 5. The summed E-state index contributed by atoms with van der Waals surface area (Å²) in [5.74, 6) is -2.19. The third-order valence-electron chi connectivity index (χ3n) is 10.5. The molecule has 1 aliphatic heterocycles. The van der Waals surface area contributed by atoms with Crippen LogP contribution in [0.25, 0.3) is 44.5 Å². The Bertz CT molecular complexity index is 2720. The SMILES string of the molecule is CN1C(c2ccc3c(c2)C(F)(F)c2cc(-c4cc(-c5ccc(C#N)cc5)cc(-c5ccc(C#N)cc5)c4)ccc2-3)=NC(c2ccccc2)=NC1c1ccccc1. The highest BCUT2D eigenvalue weighted by Gasteiger charge is 2.45. The lowest BCUT2D eigenvalue weighted by molar-refractivity contribution is 0.0480. The molecule has 0 spiro atoms. The van der Waals surface area contributed by atoms with Gasteiger partial charge < -0.3 is 4.90 Å². The van der Waals surface area contributed by atoms with Crippen LogP contribution >= 0.6 is 0 Å². The molecule has 1 heterocycles. The van der Waals surface area contributed by atoms with Gasteiger partial charge in [-0.3, -0.25) is 0 Å². The number of hydrogen-bond acceptors (Lipinski definition) is 5. The minimum Gasteiger partial charge on any atom is -0.333 e. The Labute approximate surface area is 323 Å². The first-order valence-corrected chi connectivity index (χ1v) is 18.1. The van der Waals surface area contributed by atoms with Gasteiger partial charge in [-0.1, -0.05) is 109 Å². The molecule has 7 heteroatoms. The van der Waals surface area contributed by atoms with Gasteiger partial charge in [-0.05, 0) is 105 Å². The number of benzene rings is 7. The predicted molar refractivity (Wildman–Crippen MR) is 217 cm³/mol. The number of fused-ring (bicyclic) bond motifs is 3. The molecule has 0 aromatic heterocycles. The molecule has 1 atom stereocenters. The number of amidine groups is 2. The van der Waals surface area contributed by atoms with Crippen LogP contribution in [0, 0.1) is 22.7 Å². The Morgan fingerprint density at radius 2 is 0.982 bits per heavy atom. The molecule has 0 radical (unpaired) electrons. The summed E-state index contributed by atoms with van der Waals surface area (Å²) in [4.78, 5) is 11.9. The van der Waals surface area contributed by atoms with E-state index in [1.165, 1.54) is 0 Å². The molecule has 7 aromatic rings. The Morgan fingerprint density at radius 1 is 0.518 bits per heavy atom. The summed E-state index contributed by atoms with van der Waals surface area (Å²) >= 11 is 0. The van der Waals surface area contributed by atoms with Gasteiger partial charge in [0, 0.05) is 29.3 Å². The zero-order chi connectivity index (χ0) is 38.4. The second-order valence-corrected chi connectivity index (χ2v) is 13.9. The molecule has 2 aliphatic rings. The maximum atomic E-state index is 16.9. The van der Waals surface area contributed by atoms with Crippen molar-refractivity contribution in [3.8, 4) is 56.6 Å². The molecular weight excluding hydrogens is 697 g/mol. The molecule has 7 aromatic carbocycles. The van der Waals surface area contributed by atoms with Crippen molar-refractivity contribution in [3.63, 3.8) is 0 Å². The lowest BCUT2D eigenvalue weighted by Crippen LogP contribution is -2.35. The molecule has 0 bridgehead atoms. The van der Waals surface area contributed by atoms with E-state index in [4.69, 9.17) is 9.98 Å². The second-order valence-electron chi connectivity index (χ2n) is 13.9. The van der Waals surface area contributed by atoms with E-state index in [9.17, 15) is 10.5 Å². The molecule has 5 nitrogen and oxygen atoms in total. The highest BCUT2D eigenvalue weighted by Crippen LogP contribution is 2.52. The number of alkyl halides is 2. The Morgan fingerprint density at radius 3 is 1.52 bits per heavy atom. The number of halogens is 2. The summed E-state index contributed by atoms with van der Waals surface area (Å²) in [6.07, 6.45) is -0.401. The largest absolute Gasteiger partial charge is 0.333 e. The summed E-state index contributed by atoms with van der Waals surface area (Å²) in [5, 5.41) is 18.7. The first-order valence-electron chi connectivity index (χ1n) is 18.1. The van der Waals surface area contributed by atoms with Crippen LogP contribution in [0.3, 0.4) is 0 Å². The van der Waals surface area contributed by atoms with Gasteiger partial charge in [0.15, 0.2) is 5.84 Å². The van der Waals surface area contributed by atoms with Crippen LogP contribution in [0.2, 0.25) is 0 Å². The van der Waals surface area contributed by atoms with E-state index in [-0.39, 0.29) is 11.1 Å². The van der Waals surface area contributed by atoms with Crippen molar-refractivity contribution in [3.05, 3.63) is 203 Å². The van der Waals surface area contributed by atoms with E-state index in [1.54, 1.807) is 48.5 Å². The molecule has 0 saturated heterocycles. The summed E-state index contributed by atoms with van der Waals surface area (Å²) in [6.45, 7) is 0. The van der Waals surface area contributed by atoms with Gasteiger partial charge in [0.05, 0.1) is 23.3 Å². The minimum atomic E-state index is -3.28. The standard InChI is InChI=1S/C49H31F2N5/c1-56-47(36-10-6-3-7-11-36)54-46(35-8-4-2-5-9-35)55-48(56)38-21-23-43-42-22-20-37(27-44(42)49(50,51)45(43)28-38)41-25-39(33-16-12-31(29-52)13-17-33)24-40(26-41)34-18-14-32(30-53)15-19-34/h2-28,47H,1H3. The number of hydrogen-bond donors (Lipinski definition) is 0. The normalized spacial score (nSPS) is 15.2. The van der Waals surface area contributed by atoms with Gasteiger partial charge in [-0.2, -0.15) is 19.3 Å². The van der Waals surface area contributed by atoms with Gasteiger partial charge in [-0.25, -0.2) is 9.98 Å². The van der Waals surface area contributed by atoms with Crippen molar-refractivity contribution in [2.24, 2.45) is 9.98 Å². The van der Waals surface area contributed by atoms with Crippen LogP contribution in [0.15, 0.2) is 174 Å². The van der Waals surface area contributed by atoms with Gasteiger partial charge in [0.2, 0.25) is 0 Å². The first kappa shape index (κ1) is 34.3. The molecule has 0 fully saturated rings. The van der Waals surface area contributed by atoms with Crippen molar-refractivity contribution < 1.29 is 8.78 Å². The lowest BCUT2D eigenvalue weighted by Gasteiger charge is -2.32. The monoisotopic (exact) mass is 727 g/mol. The Hall–Kier alpha value is -7.48. The fourth-order valence-electron chi connectivity index (χ4n) is 7.59. The highest BCUT2D eigenvalue weighted by atomic mass is 19.3. The zero-order valence-electron chi connectivity index (χ0n) is 30.2. The van der Waals surface area contributed by atoms with Gasteiger partial charge in [-0.15, -0.1) is 0 Å². The van der Waals surface area contributed by atoms with Gasteiger partial charge >= 0.3 is 0 Å². The van der Waals surface area contributed by atoms with Crippen molar-refractivity contribution in [1.29, 1.82) is 10.5 Å². The number of aliphatic imine (C=N–C) groups is 2. The highest BCUT2D eigenvalue weighted by molar-refractivity contribution is 6.13. The third-order valence-corrected chi connectivity index (χ3v) is 10.5. The number of rotatable bonds is 6. The summed E-state index contributed by atoms with van der Waals surface area (Å²) < 4.78 is 33.7. The van der Waals surface area contributed by atoms with E-state index in [0.29, 0.717) is 45.1 Å². The van der Waals surface area contributed by atoms with E-state index < -0.39 is 12.1 Å². The number of nitriles is 2. The van der Waals surface area contributed by atoms with Crippen LogP contribution in [0.1, 0.15) is 45.1 Å². The average molecular weight is 728 g/mol. The van der Waals surface area contributed by atoms with Crippen LogP contribution in [-0.4, -0.2) is 23.6 Å². The van der Waals surface area contributed by atoms with E-state index in [0.717, 1.165) is 38.9 Å². The molecule has 266 valence electrons. The molecule has 9 rings (SSSR count). The second kappa shape index (κ2) is 13.7. The van der Waals surface area contributed by atoms with Gasteiger partial charge in [0.1, 0.15) is 12.0 Å². The quantitative estimate of drug-likeness (QED) is 0.171. The van der Waals surface area contributed by atoms with Crippen molar-refractivity contribution in [1.82, 2.24) is 4.90 Å². The Balaban J connectivity index is 1.12. The fourth-order valence-corrected chi connectivity index (χ4v) is 7.59.